The van der Waals surface area contributed by atoms with Crippen molar-refractivity contribution in [1.29, 1.82) is 0 Å². The van der Waals surface area contributed by atoms with Gasteiger partial charge in [0.1, 0.15) is 0 Å². The predicted octanol–water partition coefficient (Wildman–Crippen LogP) is 3.57. The van der Waals surface area contributed by atoms with Gasteiger partial charge in [0.05, 0.1) is 6.20 Å². The molecule has 5 nitrogen and oxygen atoms in total. The van der Waals surface area contributed by atoms with Gasteiger partial charge in [-0.15, -0.1) is 5.10 Å². The zero-order chi connectivity index (χ0) is 14.7. The minimum Gasteiger partial charge on any atom is -0.355 e. The maximum atomic E-state index is 6.03. The maximum Gasteiger partial charge on any atom is 0.249 e. The summed E-state index contributed by atoms with van der Waals surface area (Å²) in [5, 5.41) is 12.0. The van der Waals surface area contributed by atoms with E-state index < -0.39 is 0 Å². The topological polar surface area (TPSA) is 53.9 Å². The highest BCUT2D eigenvalue weighted by atomic mass is 35.5. The Morgan fingerprint density at radius 2 is 2.00 bits per heavy atom. The highest BCUT2D eigenvalue weighted by Gasteiger charge is 2.13. The molecule has 0 atom stereocenters. The van der Waals surface area contributed by atoms with E-state index in [1.807, 2.05) is 25.1 Å². The molecule has 0 spiro atoms. The molecule has 3 rings (SSSR count). The molecule has 1 aliphatic heterocycles. The Hall–Kier alpha value is -1.88. The first-order valence-corrected chi connectivity index (χ1v) is 7.58. The molecule has 1 aromatic heterocycles. The molecule has 6 heteroatoms. The summed E-state index contributed by atoms with van der Waals surface area (Å²) in [5.41, 5.74) is 1.99. The van der Waals surface area contributed by atoms with Gasteiger partial charge < -0.3 is 10.2 Å². The lowest BCUT2D eigenvalue weighted by Crippen LogP contribution is -2.30. The van der Waals surface area contributed by atoms with Crippen molar-refractivity contribution in [2.75, 3.05) is 23.3 Å². The second-order valence-corrected chi connectivity index (χ2v) is 5.71. The normalized spacial score (nSPS) is 15.0. The first kappa shape index (κ1) is 14.1. The van der Waals surface area contributed by atoms with Gasteiger partial charge in [-0.25, -0.2) is 0 Å². The summed E-state index contributed by atoms with van der Waals surface area (Å²) in [4.78, 5) is 6.82. The van der Waals surface area contributed by atoms with Crippen molar-refractivity contribution < 1.29 is 0 Å². The molecule has 2 heterocycles. The molecule has 1 N–H and O–H groups in total. The molecule has 0 aliphatic carbocycles. The van der Waals surface area contributed by atoms with E-state index in [0.29, 0.717) is 11.0 Å². The van der Waals surface area contributed by atoms with Crippen LogP contribution in [-0.4, -0.2) is 28.3 Å². The third-order valence-corrected chi connectivity index (χ3v) is 3.91. The minimum absolute atomic E-state index is 0.503. The molecular formula is C15H18ClN5. The van der Waals surface area contributed by atoms with E-state index in [2.05, 4.69) is 25.4 Å². The molecule has 0 unspecified atom stereocenters. The Morgan fingerprint density at radius 3 is 2.81 bits per heavy atom. The van der Waals surface area contributed by atoms with Crippen LogP contribution in [0, 0.1) is 6.92 Å². The average Bonchev–Trinajstić information content (AvgIpc) is 2.52. The second-order valence-electron chi connectivity index (χ2n) is 5.27. The number of anilines is 3. The molecule has 110 valence electrons. The smallest absolute Gasteiger partial charge is 0.249 e. The molecule has 0 bridgehead atoms. The largest absolute Gasteiger partial charge is 0.355 e. The summed E-state index contributed by atoms with van der Waals surface area (Å²) in [5.74, 6) is 1.38. The van der Waals surface area contributed by atoms with E-state index in [1.54, 1.807) is 6.20 Å². The molecule has 1 saturated heterocycles. The summed E-state index contributed by atoms with van der Waals surface area (Å²) in [7, 11) is 0. The van der Waals surface area contributed by atoms with Gasteiger partial charge in [0.2, 0.25) is 5.95 Å². The SMILES string of the molecule is Cc1ccc(Cl)cc1Nc1nncc(N2CCCCC2)n1. The summed E-state index contributed by atoms with van der Waals surface area (Å²) < 4.78 is 0. The third kappa shape index (κ3) is 3.42. The number of piperidine rings is 1. The number of nitrogens with one attached hydrogen (secondary N) is 1. The van der Waals surface area contributed by atoms with Gasteiger partial charge in [-0.05, 0) is 43.9 Å². The van der Waals surface area contributed by atoms with Gasteiger partial charge in [0.25, 0.3) is 0 Å². The van der Waals surface area contributed by atoms with Gasteiger partial charge in [0.15, 0.2) is 5.82 Å². The van der Waals surface area contributed by atoms with Crippen LogP contribution in [0.15, 0.2) is 24.4 Å². The van der Waals surface area contributed by atoms with Crippen LogP contribution in [0.2, 0.25) is 5.02 Å². The Balaban J connectivity index is 1.81. The fourth-order valence-electron chi connectivity index (χ4n) is 2.47. The van der Waals surface area contributed by atoms with Gasteiger partial charge in [-0.2, -0.15) is 10.1 Å². The molecule has 1 aromatic carbocycles. The van der Waals surface area contributed by atoms with Crippen molar-refractivity contribution in [3.63, 3.8) is 0 Å². The first-order chi connectivity index (χ1) is 10.2. The van der Waals surface area contributed by atoms with E-state index in [1.165, 1.54) is 19.3 Å². The summed E-state index contributed by atoms with van der Waals surface area (Å²) in [6.45, 7) is 4.09. The number of aromatic nitrogens is 3. The summed E-state index contributed by atoms with van der Waals surface area (Å²) in [6, 6.07) is 5.70. The molecule has 1 fully saturated rings. The van der Waals surface area contributed by atoms with Crippen LogP contribution in [0.3, 0.4) is 0 Å². The quantitative estimate of drug-likeness (QED) is 0.939. The molecule has 21 heavy (non-hydrogen) atoms. The maximum absolute atomic E-state index is 6.03. The van der Waals surface area contributed by atoms with E-state index in [4.69, 9.17) is 11.6 Å². The minimum atomic E-state index is 0.503. The molecule has 0 saturated carbocycles. The van der Waals surface area contributed by atoms with E-state index in [0.717, 1.165) is 30.2 Å². The number of hydrogen-bond donors (Lipinski definition) is 1. The van der Waals surface area contributed by atoms with Gasteiger partial charge in [-0.3, -0.25) is 0 Å². The van der Waals surface area contributed by atoms with Crippen LogP contribution in [0.25, 0.3) is 0 Å². The van der Waals surface area contributed by atoms with Crippen molar-refractivity contribution in [2.45, 2.75) is 26.2 Å². The van der Waals surface area contributed by atoms with Gasteiger partial charge >= 0.3 is 0 Å². The number of benzene rings is 1. The lowest BCUT2D eigenvalue weighted by Gasteiger charge is -2.27. The highest BCUT2D eigenvalue weighted by molar-refractivity contribution is 6.30. The van der Waals surface area contributed by atoms with Crippen molar-refractivity contribution in [1.82, 2.24) is 15.2 Å². The van der Waals surface area contributed by atoms with Crippen LogP contribution in [-0.2, 0) is 0 Å². The Kier molecular flexibility index (Phi) is 4.20. The van der Waals surface area contributed by atoms with Crippen molar-refractivity contribution in [3.05, 3.63) is 35.0 Å². The molecule has 2 aromatic rings. The van der Waals surface area contributed by atoms with Crippen molar-refractivity contribution >= 4 is 29.1 Å². The fourth-order valence-corrected chi connectivity index (χ4v) is 2.64. The second kappa shape index (κ2) is 6.26. The molecule has 1 aliphatic rings. The summed E-state index contributed by atoms with van der Waals surface area (Å²) >= 11 is 6.03. The lowest BCUT2D eigenvalue weighted by molar-refractivity contribution is 0.572. The number of hydrogen-bond acceptors (Lipinski definition) is 5. The standard InChI is InChI=1S/C15H18ClN5/c1-11-5-6-12(16)9-13(11)18-15-19-14(10-17-20-15)21-7-3-2-4-8-21/h5-6,9-10H,2-4,7-8H2,1H3,(H,18,19,20). The molecule has 0 radical (unpaired) electrons. The third-order valence-electron chi connectivity index (χ3n) is 3.67. The van der Waals surface area contributed by atoms with Gasteiger partial charge in [-0.1, -0.05) is 17.7 Å². The van der Waals surface area contributed by atoms with Crippen LogP contribution in [0.4, 0.5) is 17.5 Å². The van der Waals surface area contributed by atoms with Crippen LogP contribution < -0.4 is 10.2 Å². The average molecular weight is 304 g/mol. The molecule has 0 amide bonds. The van der Waals surface area contributed by atoms with E-state index in [-0.39, 0.29) is 0 Å². The van der Waals surface area contributed by atoms with Crippen LogP contribution in [0.1, 0.15) is 24.8 Å². The Morgan fingerprint density at radius 1 is 1.19 bits per heavy atom. The Bertz CT molecular complexity index is 625. The first-order valence-electron chi connectivity index (χ1n) is 7.20. The van der Waals surface area contributed by atoms with E-state index in [9.17, 15) is 0 Å². The van der Waals surface area contributed by atoms with Crippen LogP contribution in [0.5, 0.6) is 0 Å². The van der Waals surface area contributed by atoms with Gasteiger partial charge in [0, 0.05) is 23.8 Å². The lowest BCUT2D eigenvalue weighted by atomic mass is 10.1. The summed E-state index contributed by atoms with van der Waals surface area (Å²) in [6.07, 6.45) is 5.43. The zero-order valence-corrected chi connectivity index (χ0v) is 12.8. The predicted molar refractivity (Wildman–Crippen MR) is 85.4 cm³/mol. The fraction of sp³-hybridized carbons (Fsp3) is 0.400. The number of nitrogens with zero attached hydrogens (tertiary/aromatic N) is 4. The Labute approximate surface area is 129 Å². The van der Waals surface area contributed by atoms with Crippen LogP contribution >= 0.6 is 11.6 Å². The monoisotopic (exact) mass is 303 g/mol. The molecular weight excluding hydrogens is 286 g/mol. The highest BCUT2D eigenvalue weighted by Crippen LogP contribution is 2.23. The number of halogens is 1. The van der Waals surface area contributed by atoms with Crippen molar-refractivity contribution in [3.8, 4) is 0 Å². The van der Waals surface area contributed by atoms with E-state index >= 15 is 0 Å². The number of rotatable bonds is 3. The number of aryl methyl sites for hydroxylation is 1. The van der Waals surface area contributed by atoms with Crippen molar-refractivity contribution in [2.24, 2.45) is 0 Å². The zero-order valence-electron chi connectivity index (χ0n) is 12.0.